The number of aliphatic hydroxyl groups is 3. The largest absolute Gasteiger partial charge is 0.395 e. The summed E-state index contributed by atoms with van der Waals surface area (Å²) in [5.74, 6) is -1.06. The fourth-order valence-corrected chi connectivity index (χ4v) is 2.83. The number of aliphatic hydroxyl groups excluding tert-OH is 2. The van der Waals surface area contributed by atoms with Crippen LogP contribution in [0.5, 0.6) is 0 Å². The molecule has 0 aromatic carbocycles. The van der Waals surface area contributed by atoms with Gasteiger partial charge in [-0.25, -0.2) is 0 Å². The minimum atomic E-state index is -1.77. The average Bonchev–Trinajstić information content (AvgIpc) is 2.57. The molecule has 0 heterocycles. The summed E-state index contributed by atoms with van der Waals surface area (Å²) in [5, 5.41) is 28.5. The summed E-state index contributed by atoms with van der Waals surface area (Å²) in [6.45, 7) is 5.52. The summed E-state index contributed by atoms with van der Waals surface area (Å²) in [6, 6.07) is 0. The number of hydrogen-bond donors (Lipinski definition) is 3. The Morgan fingerprint density at radius 3 is 1.92 bits per heavy atom. The number of allylic oxidation sites excluding steroid dienone is 4. The molecule has 7 heteroatoms. The maximum Gasteiger partial charge on any atom is 0.254 e. The number of hydrogen-bond acceptors (Lipinski definition) is 6. The van der Waals surface area contributed by atoms with Crippen LogP contribution < -0.4 is 0 Å². The number of nitrogens with zero attached hydrogens (tertiary/aromatic N) is 1. The van der Waals surface area contributed by atoms with Crippen LogP contribution in [0.2, 0.25) is 0 Å². The highest BCUT2D eigenvalue weighted by Gasteiger charge is 2.36. The van der Waals surface area contributed by atoms with Gasteiger partial charge < -0.3 is 20.2 Å². The minimum Gasteiger partial charge on any atom is -0.395 e. The monoisotopic (exact) mass is 353 g/mol. The molecule has 1 unspecified atom stereocenters. The smallest absolute Gasteiger partial charge is 0.254 e. The highest BCUT2D eigenvalue weighted by molar-refractivity contribution is 6.24. The lowest BCUT2D eigenvalue weighted by atomic mass is 9.82. The molecule has 0 saturated carbocycles. The Bertz CT molecular complexity index is 623. The second-order valence-corrected chi connectivity index (χ2v) is 6.53. The first-order valence-corrected chi connectivity index (χ1v) is 8.28. The van der Waals surface area contributed by atoms with Crippen LogP contribution in [0.4, 0.5) is 0 Å². The summed E-state index contributed by atoms with van der Waals surface area (Å²) in [6.07, 6.45) is 0.0447. The first-order valence-electron chi connectivity index (χ1n) is 8.28. The zero-order valence-electron chi connectivity index (χ0n) is 15.3. The third kappa shape index (κ3) is 4.62. The fourth-order valence-electron chi connectivity index (χ4n) is 2.83. The third-order valence-electron chi connectivity index (χ3n) is 4.66. The van der Waals surface area contributed by atoms with Crippen LogP contribution in [0.3, 0.4) is 0 Å². The van der Waals surface area contributed by atoms with Crippen molar-refractivity contribution < 1.29 is 29.7 Å². The van der Waals surface area contributed by atoms with Crippen molar-refractivity contribution in [2.24, 2.45) is 0 Å². The van der Waals surface area contributed by atoms with Crippen molar-refractivity contribution in [2.45, 2.75) is 46.1 Å². The summed E-state index contributed by atoms with van der Waals surface area (Å²) < 4.78 is 0. The Kier molecular flexibility index (Phi) is 7.22. The van der Waals surface area contributed by atoms with E-state index >= 15 is 0 Å². The molecule has 1 rings (SSSR count). The molecule has 1 atom stereocenters. The highest BCUT2D eigenvalue weighted by Crippen LogP contribution is 2.29. The van der Waals surface area contributed by atoms with Crippen LogP contribution in [-0.2, 0) is 14.4 Å². The summed E-state index contributed by atoms with van der Waals surface area (Å²) >= 11 is 0. The number of Topliss-reactive ketones (excluding diaryl/α,β-unsaturated/α-hetero) is 2. The molecule has 1 aliphatic carbocycles. The van der Waals surface area contributed by atoms with E-state index in [4.69, 9.17) is 10.2 Å². The lowest BCUT2D eigenvalue weighted by Crippen LogP contribution is -2.49. The van der Waals surface area contributed by atoms with Gasteiger partial charge in [-0.2, -0.15) is 0 Å². The van der Waals surface area contributed by atoms with Gasteiger partial charge in [0.15, 0.2) is 11.6 Å². The number of ketones is 2. The molecule has 7 nitrogen and oxygen atoms in total. The van der Waals surface area contributed by atoms with E-state index in [0.29, 0.717) is 22.3 Å². The normalized spacial score (nSPS) is 17.9. The van der Waals surface area contributed by atoms with Crippen molar-refractivity contribution in [3.05, 3.63) is 22.3 Å². The van der Waals surface area contributed by atoms with E-state index in [1.807, 2.05) is 0 Å². The van der Waals surface area contributed by atoms with Crippen LogP contribution in [0.1, 0.15) is 40.5 Å². The molecule has 3 N–H and O–H groups in total. The molecular formula is C18H27NO6. The van der Waals surface area contributed by atoms with E-state index in [0.717, 1.165) is 0 Å². The van der Waals surface area contributed by atoms with Crippen molar-refractivity contribution >= 4 is 17.5 Å². The molecule has 0 aromatic rings. The van der Waals surface area contributed by atoms with Crippen molar-refractivity contribution in [2.75, 3.05) is 26.3 Å². The maximum absolute atomic E-state index is 12.4. The molecule has 140 valence electrons. The second kappa shape index (κ2) is 8.51. The first-order chi connectivity index (χ1) is 11.6. The zero-order chi connectivity index (χ0) is 19.4. The molecule has 0 radical (unpaired) electrons. The Morgan fingerprint density at radius 1 is 0.960 bits per heavy atom. The van der Waals surface area contributed by atoms with Crippen molar-refractivity contribution in [3.63, 3.8) is 0 Å². The summed E-state index contributed by atoms with van der Waals surface area (Å²) in [7, 11) is 0. The Hall–Kier alpha value is -1.83. The van der Waals surface area contributed by atoms with Crippen LogP contribution in [-0.4, -0.2) is 69.6 Å². The molecule has 0 fully saturated rings. The Labute approximate surface area is 147 Å². The third-order valence-corrected chi connectivity index (χ3v) is 4.66. The van der Waals surface area contributed by atoms with E-state index in [9.17, 15) is 19.5 Å². The first kappa shape index (κ1) is 21.2. The molecule has 0 spiro atoms. The van der Waals surface area contributed by atoms with Crippen molar-refractivity contribution in [3.8, 4) is 0 Å². The summed E-state index contributed by atoms with van der Waals surface area (Å²) in [5.41, 5.74) is -0.300. The molecule has 25 heavy (non-hydrogen) atoms. The molecule has 0 bridgehead atoms. The number of carbonyl (C=O) groups is 3. The van der Waals surface area contributed by atoms with Gasteiger partial charge in [-0.05, 0) is 40.5 Å². The fraction of sp³-hybridized carbons (Fsp3) is 0.611. The number of amides is 1. The molecule has 0 aliphatic heterocycles. The quantitative estimate of drug-likeness (QED) is 0.535. The molecule has 0 saturated heterocycles. The lowest BCUT2D eigenvalue weighted by Gasteiger charge is -2.31. The van der Waals surface area contributed by atoms with Gasteiger partial charge in [-0.3, -0.25) is 14.4 Å². The standard InChI is InChI=1S/C18H27NO6/c1-11-12(2)16(23)14(13(3)15(11)22)5-6-18(4,25)17(24)19(7-9-20)8-10-21/h20-21,25H,5-10H2,1-4H3. The highest BCUT2D eigenvalue weighted by atomic mass is 16.3. The van der Waals surface area contributed by atoms with Crippen LogP contribution in [0, 0.1) is 0 Å². The van der Waals surface area contributed by atoms with Crippen molar-refractivity contribution in [1.82, 2.24) is 4.90 Å². The summed E-state index contributed by atoms with van der Waals surface area (Å²) in [4.78, 5) is 38.2. The number of carbonyl (C=O) groups excluding carboxylic acids is 3. The molecule has 0 aromatic heterocycles. The van der Waals surface area contributed by atoms with Gasteiger partial charge >= 0.3 is 0 Å². The van der Waals surface area contributed by atoms with E-state index < -0.39 is 11.5 Å². The predicted molar refractivity (Wildman–Crippen MR) is 91.7 cm³/mol. The van der Waals surface area contributed by atoms with E-state index in [1.165, 1.54) is 11.8 Å². The lowest BCUT2D eigenvalue weighted by molar-refractivity contribution is -0.151. The SMILES string of the molecule is CC1=C(C)C(=O)C(CCC(C)(O)C(=O)N(CCO)CCO)=C(C)C1=O. The Balaban J connectivity index is 2.93. The second-order valence-electron chi connectivity index (χ2n) is 6.53. The molecule has 1 amide bonds. The predicted octanol–water partition coefficient (Wildman–Crippen LogP) is 0.136. The van der Waals surface area contributed by atoms with E-state index in [2.05, 4.69) is 0 Å². The van der Waals surface area contributed by atoms with Gasteiger partial charge in [0, 0.05) is 35.4 Å². The van der Waals surface area contributed by atoms with Gasteiger partial charge in [0.2, 0.25) is 0 Å². The van der Waals surface area contributed by atoms with Gasteiger partial charge in [0.1, 0.15) is 5.60 Å². The van der Waals surface area contributed by atoms with Crippen molar-refractivity contribution in [1.29, 1.82) is 0 Å². The minimum absolute atomic E-state index is 0.00424. The topological polar surface area (TPSA) is 115 Å². The average molecular weight is 353 g/mol. The van der Waals surface area contributed by atoms with Crippen LogP contribution in [0.15, 0.2) is 22.3 Å². The Morgan fingerprint density at radius 2 is 1.44 bits per heavy atom. The van der Waals surface area contributed by atoms with Gasteiger partial charge in [-0.15, -0.1) is 0 Å². The van der Waals surface area contributed by atoms with Gasteiger partial charge in [0.05, 0.1) is 13.2 Å². The van der Waals surface area contributed by atoms with E-state index in [-0.39, 0.29) is 50.7 Å². The van der Waals surface area contributed by atoms with Gasteiger partial charge in [0.25, 0.3) is 5.91 Å². The molecule has 1 aliphatic rings. The van der Waals surface area contributed by atoms with Gasteiger partial charge in [-0.1, -0.05) is 0 Å². The van der Waals surface area contributed by atoms with Crippen LogP contribution in [0.25, 0.3) is 0 Å². The van der Waals surface area contributed by atoms with E-state index in [1.54, 1.807) is 20.8 Å². The molecular weight excluding hydrogens is 326 g/mol. The zero-order valence-corrected chi connectivity index (χ0v) is 15.3. The van der Waals surface area contributed by atoms with Crippen LogP contribution >= 0.6 is 0 Å². The maximum atomic E-state index is 12.4. The number of rotatable bonds is 8.